The molecule has 1 heterocycles. The quantitative estimate of drug-likeness (QED) is 0.334. The number of H-pyrrole nitrogens is 1. The summed E-state index contributed by atoms with van der Waals surface area (Å²) in [5, 5.41) is 7.93. The van der Waals surface area contributed by atoms with Crippen LogP contribution >= 0.6 is 39.1 Å². The molecule has 0 fully saturated rings. The molecule has 3 aromatic carbocycles. The Bertz CT molecular complexity index is 1530. The van der Waals surface area contributed by atoms with Crippen LogP contribution in [0.4, 0.5) is 5.69 Å². The van der Waals surface area contributed by atoms with E-state index in [1.807, 2.05) is 0 Å². The zero-order chi connectivity index (χ0) is 24.2. The van der Waals surface area contributed by atoms with Gasteiger partial charge in [0, 0.05) is 21.3 Å². The highest BCUT2D eigenvalue weighted by atomic mass is 79.9. The summed E-state index contributed by atoms with van der Waals surface area (Å²) in [5.74, 6) is -0.154. The van der Waals surface area contributed by atoms with E-state index in [0.29, 0.717) is 41.3 Å². The van der Waals surface area contributed by atoms with E-state index in [-0.39, 0.29) is 12.4 Å². The van der Waals surface area contributed by atoms with Crippen LogP contribution in [-0.2, 0) is 4.79 Å². The van der Waals surface area contributed by atoms with Crippen LogP contribution in [0.5, 0.6) is 5.75 Å². The zero-order valence-corrected chi connectivity index (χ0v) is 20.3. The molecule has 0 spiro atoms. The van der Waals surface area contributed by atoms with Crippen LogP contribution in [0.25, 0.3) is 10.9 Å². The number of nitrogens with one attached hydrogen (secondary N) is 2. The van der Waals surface area contributed by atoms with Crippen molar-refractivity contribution in [2.75, 3.05) is 11.9 Å². The first-order chi connectivity index (χ1) is 16.3. The molecular weight excluding hydrogens is 547 g/mol. The normalized spacial score (nSPS) is 11.1. The van der Waals surface area contributed by atoms with Gasteiger partial charge >= 0.3 is 5.69 Å². The van der Waals surface area contributed by atoms with E-state index in [1.54, 1.807) is 54.6 Å². The van der Waals surface area contributed by atoms with Crippen molar-refractivity contribution in [2.45, 2.75) is 0 Å². The van der Waals surface area contributed by atoms with Crippen LogP contribution in [0.2, 0.25) is 10.0 Å². The number of aromatic nitrogens is 2. The summed E-state index contributed by atoms with van der Waals surface area (Å²) >= 11 is 15.4. The van der Waals surface area contributed by atoms with Gasteiger partial charge in [-0.1, -0.05) is 35.3 Å². The number of carbonyl (C=O) groups excluding carboxylic acids is 1. The molecule has 2 N–H and O–H groups in total. The summed E-state index contributed by atoms with van der Waals surface area (Å²) in [7, 11) is 0. The van der Waals surface area contributed by atoms with Gasteiger partial charge < -0.3 is 15.0 Å². The smallest absolute Gasteiger partial charge is 0.349 e. The Morgan fingerprint density at radius 2 is 1.82 bits per heavy atom. The molecule has 1 aromatic heterocycles. The number of hydrogen-bond acceptors (Lipinski definition) is 5. The van der Waals surface area contributed by atoms with Crippen LogP contribution in [-0.4, -0.2) is 28.4 Å². The first-order valence-electron chi connectivity index (χ1n) is 9.77. The molecule has 8 nitrogen and oxygen atoms in total. The SMILES string of the molecule is O=C(COc1c(Br)cc(Cl)cc1C=Nn1c(=O)[nH]c2ccccc2c1=O)Nc1ccc(Cl)cc1. The zero-order valence-electron chi connectivity index (χ0n) is 17.2. The molecule has 4 rings (SSSR count). The summed E-state index contributed by atoms with van der Waals surface area (Å²) in [6, 6.07) is 16.3. The third-order valence-corrected chi connectivity index (χ3v) is 5.67. The van der Waals surface area contributed by atoms with Crippen molar-refractivity contribution in [3.63, 3.8) is 0 Å². The number of para-hydroxylation sites is 1. The van der Waals surface area contributed by atoms with Gasteiger partial charge in [0.05, 0.1) is 21.6 Å². The van der Waals surface area contributed by atoms with Gasteiger partial charge in [-0.25, -0.2) is 4.79 Å². The number of nitrogens with zero attached hydrogens (tertiary/aromatic N) is 2. The van der Waals surface area contributed by atoms with Gasteiger partial charge in [-0.2, -0.15) is 5.10 Å². The second kappa shape index (κ2) is 10.3. The number of carbonyl (C=O) groups is 1. The second-order valence-corrected chi connectivity index (χ2v) is 8.71. The lowest BCUT2D eigenvalue weighted by atomic mass is 10.2. The van der Waals surface area contributed by atoms with Gasteiger partial charge in [-0.05, 0) is 64.5 Å². The lowest BCUT2D eigenvalue weighted by Crippen LogP contribution is -2.32. The summed E-state index contributed by atoms with van der Waals surface area (Å²) in [4.78, 5) is 40.0. The fraction of sp³-hybridized carbons (Fsp3) is 0.0435. The summed E-state index contributed by atoms with van der Waals surface area (Å²) in [6.07, 6.45) is 1.26. The molecule has 172 valence electrons. The first kappa shape index (κ1) is 23.7. The molecule has 11 heteroatoms. The van der Waals surface area contributed by atoms with Crippen molar-refractivity contribution in [1.82, 2.24) is 9.66 Å². The lowest BCUT2D eigenvalue weighted by molar-refractivity contribution is -0.118. The van der Waals surface area contributed by atoms with E-state index in [1.165, 1.54) is 12.3 Å². The molecule has 0 aliphatic carbocycles. The van der Waals surface area contributed by atoms with Crippen LogP contribution in [0.15, 0.2) is 79.8 Å². The minimum Gasteiger partial charge on any atom is -0.482 e. The Morgan fingerprint density at radius 1 is 1.09 bits per heavy atom. The lowest BCUT2D eigenvalue weighted by Gasteiger charge is -2.12. The Kier molecular flexibility index (Phi) is 7.16. The van der Waals surface area contributed by atoms with Gasteiger partial charge in [-0.15, -0.1) is 4.68 Å². The largest absolute Gasteiger partial charge is 0.482 e. The van der Waals surface area contributed by atoms with Crippen molar-refractivity contribution in [3.05, 3.63) is 102 Å². The highest BCUT2D eigenvalue weighted by Crippen LogP contribution is 2.32. The van der Waals surface area contributed by atoms with E-state index in [0.717, 1.165) is 0 Å². The van der Waals surface area contributed by atoms with Crippen molar-refractivity contribution < 1.29 is 9.53 Å². The molecular formula is C23H15BrCl2N4O4. The van der Waals surface area contributed by atoms with Gasteiger partial charge in [0.2, 0.25) is 0 Å². The van der Waals surface area contributed by atoms with Crippen molar-refractivity contribution in [3.8, 4) is 5.75 Å². The monoisotopic (exact) mass is 560 g/mol. The van der Waals surface area contributed by atoms with E-state index in [9.17, 15) is 14.4 Å². The van der Waals surface area contributed by atoms with E-state index >= 15 is 0 Å². The average molecular weight is 562 g/mol. The minimum atomic E-state index is -0.703. The number of anilines is 1. The predicted molar refractivity (Wildman–Crippen MR) is 137 cm³/mol. The standard InChI is InChI=1S/C23H15BrCl2N4O4/c24-18-10-15(26)9-13(21(18)34-12-20(31)28-16-7-5-14(25)6-8-16)11-27-30-22(32)17-3-1-2-4-19(17)29-23(30)33/h1-11H,12H2,(H,28,31)(H,29,33). The van der Waals surface area contributed by atoms with Gasteiger partial charge in [0.1, 0.15) is 5.75 Å². The fourth-order valence-corrected chi connectivity index (χ4v) is 4.15. The van der Waals surface area contributed by atoms with Crippen molar-refractivity contribution in [1.29, 1.82) is 0 Å². The molecule has 34 heavy (non-hydrogen) atoms. The van der Waals surface area contributed by atoms with Gasteiger partial charge in [0.15, 0.2) is 6.61 Å². The van der Waals surface area contributed by atoms with Gasteiger partial charge in [-0.3, -0.25) is 9.59 Å². The second-order valence-electron chi connectivity index (χ2n) is 6.99. The maximum absolute atomic E-state index is 12.7. The number of rotatable bonds is 6. The average Bonchev–Trinajstić information content (AvgIpc) is 2.79. The molecule has 0 saturated carbocycles. The molecule has 0 radical (unpaired) electrons. The number of fused-ring (bicyclic) bond motifs is 1. The van der Waals surface area contributed by atoms with E-state index in [2.05, 4.69) is 31.3 Å². The maximum atomic E-state index is 12.7. The molecule has 0 unspecified atom stereocenters. The molecule has 0 atom stereocenters. The Hall–Kier alpha value is -3.40. The molecule has 0 aliphatic heterocycles. The number of hydrogen-bond donors (Lipinski definition) is 2. The number of aromatic amines is 1. The number of amides is 1. The minimum absolute atomic E-state index is 0.254. The van der Waals surface area contributed by atoms with Crippen LogP contribution < -0.4 is 21.3 Å². The first-order valence-corrected chi connectivity index (χ1v) is 11.3. The molecule has 0 saturated heterocycles. The molecule has 0 aliphatic rings. The Morgan fingerprint density at radius 3 is 2.59 bits per heavy atom. The third kappa shape index (κ3) is 5.39. The van der Waals surface area contributed by atoms with E-state index < -0.39 is 17.2 Å². The highest BCUT2D eigenvalue weighted by Gasteiger charge is 2.13. The Labute approximate surface area is 210 Å². The summed E-state index contributed by atoms with van der Waals surface area (Å²) in [6.45, 7) is -0.319. The molecule has 0 bridgehead atoms. The topological polar surface area (TPSA) is 106 Å². The number of benzene rings is 3. The van der Waals surface area contributed by atoms with Crippen molar-refractivity contribution >= 4 is 67.8 Å². The van der Waals surface area contributed by atoms with Crippen LogP contribution in [0, 0.1) is 0 Å². The predicted octanol–water partition coefficient (Wildman–Crippen LogP) is 4.66. The number of ether oxygens (including phenoxy) is 1. The summed E-state index contributed by atoms with van der Waals surface area (Å²) in [5.41, 5.74) is 0.0283. The fourth-order valence-electron chi connectivity index (χ4n) is 3.07. The third-order valence-electron chi connectivity index (χ3n) is 4.61. The van der Waals surface area contributed by atoms with Crippen molar-refractivity contribution in [2.24, 2.45) is 5.10 Å². The highest BCUT2D eigenvalue weighted by molar-refractivity contribution is 9.10. The maximum Gasteiger partial charge on any atom is 0.349 e. The Balaban J connectivity index is 1.60. The van der Waals surface area contributed by atoms with Gasteiger partial charge in [0.25, 0.3) is 11.5 Å². The molecule has 1 amide bonds. The molecule has 4 aromatic rings. The summed E-state index contributed by atoms with van der Waals surface area (Å²) < 4.78 is 6.85. The van der Waals surface area contributed by atoms with E-state index in [4.69, 9.17) is 27.9 Å². The van der Waals surface area contributed by atoms with Crippen LogP contribution in [0.3, 0.4) is 0 Å². The number of halogens is 3. The van der Waals surface area contributed by atoms with Crippen LogP contribution in [0.1, 0.15) is 5.56 Å².